The van der Waals surface area contributed by atoms with E-state index < -0.39 is 237 Å². The quantitative estimate of drug-likeness (QED) is 0.0467. The van der Waals surface area contributed by atoms with Gasteiger partial charge in [-0.05, 0) is 105 Å². The van der Waals surface area contributed by atoms with Crippen LogP contribution in [0.15, 0.2) is 11.6 Å². The largest absolute Gasteiger partial charge is 0.481 e. The van der Waals surface area contributed by atoms with Crippen molar-refractivity contribution in [3.05, 3.63) is 11.6 Å². The van der Waals surface area contributed by atoms with E-state index in [2.05, 4.69) is 33.8 Å². The van der Waals surface area contributed by atoms with Gasteiger partial charge in [-0.25, -0.2) is 0 Å². The molecule has 0 amide bonds. The Hall–Kier alpha value is -2.32. The van der Waals surface area contributed by atoms with E-state index in [1.54, 1.807) is 0 Å². The summed E-state index contributed by atoms with van der Waals surface area (Å²) in [4.78, 5) is 29.5. The summed E-state index contributed by atoms with van der Waals surface area (Å²) < 4.78 is 58.6. The summed E-state index contributed by atoms with van der Waals surface area (Å²) in [6.07, 6.45) is -39.8. The van der Waals surface area contributed by atoms with Crippen LogP contribution in [-0.4, -0.2) is 285 Å². The molecule has 9 fully saturated rings. The molecule has 34 atom stereocenters. The number of fused-ring (bicyclic) bond motifs is 7. The van der Waals surface area contributed by atoms with Gasteiger partial charge in [0.15, 0.2) is 31.3 Å². The molecule has 10 rings (SSSR count). The monoisotopic (exact) mass is 1250 g/mol. The maximum Gasteiger partial charge on any atom is 0.317 e. The van der Waals surface area contributed by atoms with E-state index in [1.807, 2.05) is 6.92 Å². The van der Waals surface area contributed by atoms with Gasteiger partial charge in [0.2, 0.25) is 6.29 Å². The number of aliphatic hydroxyl groups excluding tert-OH is 16. The highest BCUT2D eigenvalue weighted by atomic mass is 16.8. The molecule has 0 aromatic heterocycles. The Morgan fingerprint density at radius 1 is 0.552 bits per heavy atom. The van der Waals surface area contributed by atoms with Crippen molar-refractivity contribution in [2.75, 3.05) is 26.4 Å². The number of carbonyl (C=O) groups excluding carboxylic acids is 1. The van der Waals surface area contributed by atoms with Crippen molar-refractivity contribution >= 4 is 11.9 Å². The molecule has 87 heavy (non-hydrogen) atoms. The number of ether oxygens (including phenoxy) is 10. The van der Waals surface area contributed by atoms with Crippen LogP contribution in [0.1, 0.15) is 99.8 Å². The molecule has 5 aliphatic heterocycles. The number of carboxylic acid groups (broad SMARTS) is 1. The predicted octanol–water partition coefficient (Wildman–Crippen LogP) is -4.90. The zero-order chi connectivity index (χ0) is 63.7. The number of hydrogen-bond acceptors (Lipinski definition) is 28. The first-order valence-electron chi connectivity index (χ1n) is 30.4. The van der Waals surface area contributed by atoms with E-state index in [0.717, 1.165) is 5.57 Å². The Balaban J connectivity index is 0.891. The molecule has 4 saturated carbocycles. The van der Waals surface area contributed by atoms with Crippen LogP contribution in [0.4, 0.5) is 0 Å². The van der Waals surface area contributed by atoms with Gasteiger partial charge in [0, 0.05) is 0 Å². The van der Waals surface area contributed by atoms with Crippen molar-refractivity contribution in [1.29, 1.82) is 0 Å². The second kappa shape index (κ2) is 24.5. The minimum atomic E-state index is -2.02. The lowest BCUT2D eigenvalue weighted by Gasteiger charge is -2.71. The SMILES string of the molecule is CC1OC(OC2C(OC(=O)C34CCC(C)(C)CC3C3=CCC5C6(C)CC(O)C(OC7OC(CO)C(O)C(OC8OC(CO)C(O)C(O)C8O)C7O)C(C)(C(=O)O)C6CCC5(C)C3(C)CC4O)OCC(O)C2O)C(O)C(O)C1OC1OCC(O)C(O)C1O. The lowest BCUT2D eigenvalue weighted by atomic mass is 9.33. The van der Waals surface area contributed by atoms with Crippen LogP contribution in [-0.2, 0) is 57.0 Å². The molecule has 17 N–H and O–H groups in total. The summed E-state index contributed by atoms with van der Waals surface area (Å²) in [7, 11) is 0. The third-order valence-electron chi connectivity index (χ3n) is 22.8. The average molecular weight is 1250 g/mol. The Bertz CT molecular complexity index is 2490. The van der Waals surface area contributed by atoms with Gasteiger partial charge in [0.1, 0.15) is 109 Å². The zero-order valence-electron chi connectivity index (χ0n) is 49.8. The van der Waals surface area contributed by atoms with Gasteiger partial charge in [0.05, 0.1) is 50.2 Å². The third kappa shape index (κ3) is 11.0. The van der Waals surface area contributed by atoms with E-state index in [0.29, 0.717) is 25.7 Å². The Morgan fingerprint density at radius 2 is 1.11 bits per heavy atom. The number of aliphatic carboxylic acids is 1. The molecule has 5 aliphatic carbocycles. The maximum atomic E-state index is 15.4. The lowest BCUT2D eigenvalue weighted by Crippen LogP contribution is -2.71. The van der Waals surface area contributed by atoms with Gasteiger partial charge in [-0.3, -0.25) is 9.59 Å². The minimum Gasteiger partial charge on any atom is -0.481 e. The fraction of sp³-hybridized carbons (Fsp3) is 0.931. The molecule has 0 radical (unpaired) electrons. The fourth-order valence-electron chi connectivity index (χ4n) is 17.6. The van der Waals surface area contributed by atoms with Crippen molar-refractivity contribution in [3.8, 4) is 0 Å². The summed E-state index contributed by atoms with van der Waals surface area (Å²) in [5.41, 5.74) is -5.61. The minimum absolute atomic E-state index is 0.0284. The van der Waals surface area contributed by atoms with E-state index >= 15 is 4.79 Å². The van der Waals surface area contributed by atoms with Crippen molar-refractivity contribution in [3.63, 3.8) is 0 Å². The molecule has 29 nitrogen and oxygen atoms in total. The van der Waals surface area contributed by atoms with Crippen molar-refractivity contribution in [2.45, 2.75) is 259 Å². The number of allylic oxidation sites excluding steroid dienone is 2. The van der Waals surface area contributed by atoms with Gasteiger partial charge in [-0.2, -0.15) is 0 Å². The summed E-state index contributed by atoms with van der Waals surface area (Å²) in [5, 5.41) is 187. The lowest BCUT2D eigenvalue weighted by molar-refractivity contribution is -0.373. The van der Waals surface area contributed by atoms with Gasteiger partial charge in [-0.15, -0.1) is 0 Å². The van der Waals surface area contributed by atoms with Crippen LogP contribution in [0.2, 0.25) is 0 Å². The van der Waals surface area contributed by atoms with Crippen LogP contribution in [0.3, 0.4) is 0 Å². The molecule has 0 aromatic carbocycles. The summed E-state index contributed by atoms with van der Waals surface area (Å²) in [6, 6.07) is 0. The smallest absolute Gasteiger partial charge is 0.317 e. The maximum absolute atomic E-state index is 15.4. The topological polar surface area (TPSA) is 470 Å². The van der Waals surface area contributed by atoms with E-state index in [4.69, 9.17) is 47.4 Å². The van der Waals surface area contributed by atoms with Crippen LogP contribution in [0.5, 0.6) is 0 Å². The molecular formula is C58H92O29. The van der Waals surface area contributed by atoms with Gasteiger partial charge in [0.25, 0.3) is 0 Å². The highest BCUT2D eigenvalue weighted by molar-refractivity contribution is 5.80. The van der Waals surface area contributed by atoms with E-state index in [-0.39, 0.29) is 37.0 Å². The third-order valence-corrected chi connectivity index (χ3v) is 22.8. The van der Waals surface area contributed by atoms with Crippen LogP contribution in [0, 0.1) is 50.2 Å². The van der Waals surface area contributed by atoms with E-state index in [9.17, 15) is 91.6 Å². The summed E-state index contributed by atoms with van der Waals surface area (Å²) in [6.45, 7) is 10.5. The standard InChI is InChI=1S/C58H92O29/c1-21-42(83-46-38(71)32(65)25(62)19-78-46)37(70)40(73)47(80-21)85-44-33(66)26(63)20-79-50(44)87-52(77)58-13-12-53(2,3)14-23(58)22-8-9-29-54(4)15-24(61)45(57(7,51(75)76)30(54)10-11-55(29,5)56(22,6)16-31(58)64)86-49-41(74)43(35(68)28(18-60)82-49)84-48-39(72)36(69)34(67)27(17-59)81-48/h8,21,23-50,59-74H,9-20H2,1-7H3,(H,75,76). The molecule has 0 bridgehead atoms. The number of carboxylic acids is 1. The number of rotatable bonds is 13. The van der Waals surface area contributed by atoms with Crippen molar-refractivity contribution in [2.24, 2.45) is 50.2 Å². The van der Waals surface area contributed by atoms with Crippen LogP contribution >= 0.6 is 0 Å². The van der Waals surface area contributed by atoms with Gasteiger partial charge < -0.3 is 134 Å². The Kier molecular flexibility index (Phi) is 19.1. The molecule has 498 valence electrons. The molecule has 0 spiro atoms. The predicted molar refractivity (Wildman–Crippen MR) is 287 cm³/mol. The zero-order valence-corrected chi connectivity index (χ0v) is 49.8. The van der Waals surface area contributed by atoms with Crippen molar-refractivity contribution < 1.29 is 144 Å². The molecular weight excluding hydrogens is 1160 g/mol. The number of aliphatic hydroxyl groups is 16. The highest BCUT2D eigenvalue weighted by Gasteiger charge is 2.74. The molecule has 29 heteroatoms. The highest BCUT2D eigenvalue weighted by Crippen LogP contribution is 2.76. The first-order chi connectivity index (χ1) is 40.7. The second-order valence-electron chi connectivity index (χ2n) is 28.2. The first kappa shape index (κ1) is 67.6. The first-order valence-corrected chi connectivity index (χ1v) is 30.4. The molecule has 5 heterocycles. The molecule has 34 unspecified atom stereocenters. The normalized spacial score (nSPS) is 55.1. The molecule has 0 aromatic rings. The number of hydrogen-bond donors (Lipinski definition) is 17. The Labute approximate surface area is 502 Å². The van der Waals surface area contributed by atoms with E-state index in [1.165, 1.54) is 13.8 Å². The summed E-state index contributed by atoms with van der Waals surface area (Å²) >= 11 is 0. The van der Waals surface area contributed by atoms with Crippen molar-refractivity contribution in [1.82, 2.24) is 0 Å². The van der Waals surface area contributed by atoms with Gasteiger partial charge in [-0.1, -0.05) is 46.3 Å². The molecule has 5 saturated heterocycles. The molecule has 10 aliphatic rings. The van der Waals surface area contributed by atoms with Crippen LogP contribution in [0.25, 0.3) is 0 Å². The second-order valence-corrected chi connectivity index (χ2v) is 28.2. The number of esters is 1. The number of carbonyl (C=O) groups is 2. The van der Waals surface area contributed by atoms with Gasteiger partial charge >= 0.3 is 11.9 Å². The van der Waals surface area contributed by atoms with Crippen LogP contribution < -0.4 is 0 Å². The fourth-order valence-corrected chi connectivity index (χ4v) is 17.6. The average Bonchev–Trinajstić information content (AvgIpc) is 0.673. The summed E-state index contributed by atoms with van der Waals surface area (Å²) in [5.74, 6) is -3.99. The Morgan fingerprint density at radius 3 is 1.76 bits per heavy atom.